The van der Waals surface area contributed by atoms with Gasteiger partial charge in [-0.15, -0.1) is 0 Å². The predicted molar refractivity (Wildman–Crippen MR) is 374 cm³/mol. The van der Waals surface area contributed by atoms with Crippen molar-refractivity contribution < 1.29 is 59.3 Å². The highest BCUT2D eigenvalue weighted by Crippen LogP contribution is 2.28. The molecule has 0 bridgehead atoms. The number of nitrogens with zero attached hydrogens (tertiary/aromatic N) is 4. The van der Waals surface area contributed by atoms with E-state index < -0.39 is 21.6 Å². The molecule has 0 heterocycles. The number of anilines is 4. The largest absolute Gasteiger partial charge is 0.372 e. The molecule has 0 aromatic heterocycles. The quantitative estimate of drug-likeness (QED) is 0.0359. The highest BCUT2D eigenvalue weighted by atomic mass is 35.6. The molecule has 0 amide bonds. The molecule has 0 atom stereocenters. The van der Waals surface area contributed by atoms with E-state index in [0.717, 1.165) is 52.4 Å². The van der Waals surface area contributed by atoms with Crippen LogP contribution < -0.4 is 57.4 Å². The van der Waals surface area contributed by atoms with E-state index in [0.29, 0.717) is 0 Å². The number of halogens is 2. The van der Waals surface area contributed by atoms with E-state index in [1.165, 1.54) is 272 Å². The average molecular weight is 1310 g/mol. The number of rotatable bonds is 50. The van der Waals surface area contributed by atoms with Gasteiger partial charge in [0, 0.05) is 148 Å². The molecule has 0 saturated heterocycles. The van der Waals surface area contributed by atoms with Crippen molar-refractivity contribution in [3.63, 3.8) is 0 Å². The molecular weight excluding hydrogens is 1190 g/mol. The molecule has 92 heavy (non-hydrogen) atoms. The highest BCUT2D eigenvalue weighted by molar-refractivity contribution is 5.60. The Morgan fingerprint density at radius 1 is 0.207 bits per heavy atom. The minimum atomic E-state index is -2.85. The van der Waals surface area contributed by atoms with Gasteiger partial charge < -0.3 is 47.6 Å². The van der Waals surface area contributed by atoms with E-state index in [1.807, 2.05) is 0 Å². The zero-order valence-corrected chi connectivity index (χ0v) is 60.3. The number of benzene rings is 5. The summed E-state index contributed by atoms with van der Waals surface area (Å²) in [4.78, 5) is 13.3. The lowest BCUT2D eigenvalue weighted by molar-refractivity contribution is -1.73. The van der Waals surface area contributed by atoms with Crippen molar-refractivity contribution in [3.05, 3.63) is 121 Å². The van der Waals surface area contributed by atoms with Gasteiger partial charge in [0.2, 0.25) is 0 Å². The lowest BCUT2D eigenvalue weighted by Gasteiger charge is -2.27. The second-order valence-corrected chi connectivity index (χ2v) is 26.1. The van der Waals surface area contributed by atoms with Crippen molar-refractivity contribution >= 4 is 56.9 Å². The number of unbranched alkanes of at least 4 members (excludes halogenated alkanes) is 24. The first-order chi connectivity index (χ1) is 44.9. The fourth-order valence-corrected chi connectivity index (χ4v) is 12.5. The number of hydrogen-bond donors (Lipinski definition) is 2. The summed E-state index contributed by atoms with van der Waals surface area (Å²) in [5.74, 6) is 0. The number of quaternary nitrogens is 2. The maximum atomic E-state index is 8.41. The SMILES string of the molecule is CCCCCCN(CCCCCC)c1ccc([NH+](c2ccc(N(CCCCCC)CCCCCC)cc2)c2ccc([NH+](c3ccc(N(CCCCCC)CCCCCC)cc3)c3ccc(N(CCCCCC)CCCCCC)cc3)cc2)cc1.[O-][Cl+2]([O-])[O-].[O-][Cl+2]([O-])[O-]. The van der Waals surface area contributed by atoms with Crippen LogP contribution in [0, 0.1) is 21.6 Å². The molecular formula is C78H126Cl2N6O6. The Hall–Kier alpha value is -4.44. The second kappa shape index (κ2) is 52.8. The van der Waals surface area contributed by atoms with Crippen LogP contribution in [-0.4, -0.2) is 52.4 Å². The molecule has 518 valence electrons. The molecule has 12 nitrogen and oxygen atoms in total. The van der Waals surface area contributed by atoms with E-state index in [-0.39, 0.29) is 0 Å². The molecule has 0 aliphatic carbocycles. The lowest BCUT2D eigenvalue weighted by Crippen LogP contribution is -2.97. The molecule has 0 unspecified atom stereocenters. The minimum Gasteiger partial charge on any atom is -0.372 e. The molecule has 0 fully saturated rings. The topological polar surface area (TPSA) is 160 Å². The number of nitrogens with one attached hydrogen (secondary N) is 2. The highest BCUT2D eigenvalue weighted by Gasteiger charge is 2.25. The van der Waals surface area contributed by atoms with Crippen LogP contribution in [0.4, 0.5) is 56.9 Å². The number of hydrogen-bond acceptors (Lipinski definition) is 10. The van der Waals surface area contributed by atoms with Gasteiger partial charge in [0.25, 0.3) is 0 Å². The molecule has 5 rings (SSSR count). The van der Waals surface area contributed by atoms with Gasteiger partial charge in [-0.2, -0.15) is 0 Å². The van der Waals surface area contributed by atoms with Crippen LogP contribution in [0.5, 0.6) is 0 Å². The predicted octanol–water partition coefficient (Wildman–Crippen LogP) is 14.8. The van der Waals surface area contributed by atoms with Gasteiger partial charge in [-0.1, -0.05) is 209 Å². The molecule has 5 aromatic rings. The van der Waals surface area contributed by atoms with Crippen LogP contribution in [0.3, 0.4) is 0 Å². The summed E-state index contributed by atoms with van der Waals surface area (Å²) in [6.45, 7) is 27.7. The van der Waals surface area contributed by atoms with E-state index in [1.54, 1.807) is 0 Å². The van der Waals surface area contributed by atoms with Gasteiger partial charge in [-0.25, -0.2) is 9.80 Å². The summed E-state index contributed by atoms with van der Waals surface area (Å²) >= 11 is 0. The van der Waals surface area contributed by atoms with Crippen LogP contribution in [0.25, 0.3) is 0 Å². The maximum Gasteiger partial charge on any atom is 0.141 e. The van der Waals surface area contributed by atoms with Gasteiger partial charge in [-0.3, -0.25) is 0 Å². The molecule has 0 saturated carbocycles. The first kappa shape index (κ1) is 81.8. The van der Waals surface area contributed by atoms with E-state index >= 15 is 0 Å². The van der Waals surface area contributed by atoms with Crippen molar-refractivity contribution in [1.29, 1.82) is 0 Å². The molecule has 2 N–H and O–H groups in total. The van der Waals surface area contributed by atoms with Crippen LogP contribution in [-0.2, 0) is 0 Å². The first-order valence-corrected chi connectivity index (χ1v) is 38.5. The van der Waals surface area contributed by atoms with Gasteiger partial charge in [0.15, 0.2) is 0 Å². The summed E-state index contributed by atoms with van der Waals surface area (Å²) < 4.78 is 50.4. The minimum absolute atomic E-state index is 1.13. The first-order valence-electron chi connectivity index (χ1n) is 36.6. The van der Waals surface area contributed by atoms with Gasteiger partial charge in [0.05, 0.1) is 21.6 Å². The standard InChI is InChI=1S/C78H124N6.2ClO3/c1-9-17-25-33-61-79(62-34-26-18-10-2)69-41-49-73(50-42-69)83(74-51-43-70(44-52-74)80(63-35-27-19-11-3)64-36-28-20-12-4)77-57-59-78(60-58-77)84(75-53-45-71(46-54-75)81(65-37-29-21-13-5)66-38-30-22-14-6)76-55-47-72(48-56-76)82(67-39-31-23-15-7)68-40-32-24-16-8;2*2-1(3)4/h41-60H,9-40,61-68H2,1-8H3;;/q;2*-1/p+2. The summed E-state index contributed by atoms with van der Waals surface area (Å²) in [5.41, 5.74) is 13.1. The fourth-order valence-electron chi connectivity index (χ4n) is 12.5. The summed E-state index contributed by atoms with van der Waals surface area (Å²) in [6.07, 6.45) is 41.3. The van der Waals surface area contributed by atoms with Gasteiger partial charge in [0.1, 0.15) is 34.1 Å². The smallest absolute Gasteiger partial charge is 0.141 e. The van der Waals surface area contributed by atoms with Crippen molar-refractivity contribution in [2.24, 2.45) is 0 Å². The monoisotopic (exact) mass is 1310 g/mol. The molecule has 0 aliphatic heterocycles. The second-order valence-electron chi connectivity index (χ2n) is 25.3. The van der Waals surface area contributed by atoms with Crippen molar-refractivity contribution in [2.45, 2.75) is 261 Å². The van der Waals surface area contributed by atoms with Crippen LogP contribution in [0.15, 0.2) is 121 Å². The summed E-state index contributed by atoms with van der Waals surface area (Å²) in [5, 5.41) is 0. The van der Waals surface area contributed by atoms with Crippen LogP contribution in [0.1, 0.15) is 261 Å². The Bertz CT molecular complexity index is 2110. The normalized spacial score (nSPS) is 11.3. The lowest BCUT2D eigenvalue weighted by atomic mass is 10.1. The Labute approximate surface area is 567 Å². The van der Waals surface area contributed by atoms with Crippen LogP contribution in [0.2, 0.25) is 0 Å². The van der Waals surface area contributed by atoms with Crippen molar-refractivity contribution in [3.8, 4) is 0 Å². The Balaban J connectivity index is 0.00000260. The molecule has 0 spiro atoms. The fraction of sp³-hybridized carbons (Fsp3) is 0.615. The van der Waals surface area contributed by atoms with Crippen molar-refractivity contribution in [1.82, 2.24) is 0 Å². The molecule has 5 aromatic carbocycles. The maximum absolute atomic E-state index is 8.41. The van der Waals surface area contributed by atoms with E-state index in [4.69, 9.17) is 28.0 Å². The Morgan fingerprint density at radius 3 is 0.446 bits per heavy atom. The zero-order valence-electron chi connectivity index (χ0n) is 58.8. The third-order valence-electron chi connectivity index (χ3n) is 17.8. The average Bonchev–Trinajstić information content (AvgIpc) is 0.821. The Morgan fingerprint density at radius 2 is 0.326 bits per heavy atom. The molecule has 14 heteroatoms. The van der Waals surface area contributed by atoms with Gasteiger partial charge in [-0.05, 0) is 99.9 Å². The molecule has 0 aliphatic rings. The van der Waals surface area contributed by atoms with E-state index in [2.05, 4.69) is 196 Å². The third kappa shape index (κ3) is 34.3. The van der Waals surface area contributed by atoms with E-state index in [9.17, 15) is 0 Å². The summed E-state index contributed by atoms with van der Waals surface area (Å²) in [7, 11) is -5.70. The van der Waals surface area contributed by atoms with Crippen LogP contribution >= 0.6 is 0 Å². The zero-order chi connectivity index (χ0) is 66.8. The van der Waals surface area contributed by atoms with Crippen molar-refractivity contribution in [2.75, 3.05) is 72.0 Å². The summed E-state index contributed by atoms with van der Waals surface area (Å²) in [6, 6.07) is 48.6. The van der Waals surface area contributed by atoms with Gasteiger partial charge >= 0.3 is 0 Å². The molecule has 0 radical (unpaired) electrons. The third-order valence-corrected chi connectivity index (χ3v) is 17.8. The Kier molecular flexibility index (Phi) is 46.9.